The van der Waals surface area contributed by atoms with Gasteiger partial charge in [0.1, 0.15) is 0 Å². The van der Waals surface area contributed by atoms with Crippen LogP contribution >= 0.6 is 0 Å². The fourth-order valence-electron chi connectivity index (χ4n) is 2.04. The minimum absolute atomic E-state index is 0.106. The number of urea groups is 1. The molecule has 0 aliphatic heterocycles. The smallest absolute Gasteiger partial charge is 0.322 e. The van der Waals surface area contributed by atoms with E-state index in [2.05, 4.69) is 5.32 Å². The molecule has 0 fully saturated rings. The summed E-state index contributed by atoms with van der Waals surface area (Å²) in [5, 5.41) is 11.5. The Morgan fingerprint density at radius 1 is 1.24 bits per heavy atom. The molecule has 0 bridgehead atoms. The van der Waals surface area contributed by atoms with Gasteiger partial charge in [0.25, 0.3) is 0 Å². The van der Waals surface area contributed by atoms with Crippen molar-refractivity contribution in [3.63, 3.8) is 0 Å². The average Bonchev–Trinajstić information content (AvgIpc) is 2.43. The molecule has 0 saturated carbocycles. The summed E-state index contributed by atoms with van der Waals surface area (Å²) >= 11 is 0. The Morgan fingerprint density at radius 2 is 1.86 bits per heavy atom. The molecule has 21 heavy (non-hydrogen) atoms. The maximum absolute atomic E-state index is 12.2. The second-order valence-electron chi connectivity index (χ2n) is 5.31. The Labute approximate surface area is 126 Å². The Kier molecular flexibility index (Phi) is 6.72. The van der Waals surface area contributed by atoms with Crippen molar-refractivity contribution in [1.29, 1.82) is 0 Å². The number of carbonyl (C=O) groups is 2. The molecule has 0 radical (unpaired) electrons. The lowest BCUT2D eigenvalue weighted by Crippen LogP contribution is -2.40. The molecule has 1 rings (SSSR count). The molecule has 0 saturated heterocycles. The summed E-state index contributed by atoms with van der Waals surface area (Å²) in [6, 6.07) is 7.35. The first-order valence-corrected chi connectivity index (χ1v) is 7.32. The predicted molar refractivity (Wildman–Crippen MR) is 83.6 cm³/mol. The fraction of sp³-hybridized carbons (Fsp3) is 0.500. The molecule has 2 N–H and O–H groups in total. The summed E-state index contributed by atoms with van der Waals surface area (Å²) in [5.41, 5.74) is 1.67. The van der Waals surface area contributed by atoms with Gasteiger partial charge in [0.15, 0.2) is 0 Å². The van der Waals surface area contributed by atoms with Gasteiger partial charge in [-0.15, -0.1) is 0 Å². The molecule has 0 spiro atoms. The molecule has 2 amide bonds. The number of hydrogen-bond donors (Lipinski definition) is 2. The maximum atomic E-state index is 12.2. The Bertz CT molecular complexity index is 469. The number of nitrogens with zero attached hydrogens (tertiary/aromatic N) is 1. The first-order chi connectivity index (χ1) is 9.93. The number of amides is 2. The number of carbonyl (C=O) groups excluding carboxylic acids is 1. The lowest BCUT2D eigenvalue weighted by atomic mass is 10.1. The third-order valence-corrected chi connectivity index (χ3v) is 3.18. The van der Waals surface area contributed by atoms with Gasteiger partial charge in [-0.1, -0.05) is 19.1 Å². The SMILES string of the molecule is CCCN(C(=O)Nc1ccc(CCC(=O)O)cc1)C(C)C. The van der Waals surface area contributed by atoms with Gasteiger partial charge in [-0.05, 0) is 44.4 Å². The lowest BCUT2D eigenvalue weighted by molar-refractivity contribution is -0.136. The molecule has 5 nitrogen and oxygen atoms in total. The highest BCUT2D eigenvalue weighted by atomic mass is 16.4. The molecule has 0 unspecified atom stereocenters. The van der Waals surface area contributed by atoms with Crippen LogP contribution in [-0.4, -0.2) is 34.6 Å². The van der Waals surface area contributed by atoms with Crippen LogP contribution in [0, 0.1) is 0 Å². The number of hydrogen-bond acceptors (Lipinski definition) is 2. The highest BCUT2D eigenvalue weighted by Gasteiger charge is 2.15. The van der Waals surface area contributed by atoms with Gasteiger partial charge < -0.3 is 15.3 Å². The molecule has 1 aromatic carbocycles. The molecular weight excluding hydrogens is 268 g/mol. The number of aryl methyl sites for hydroxylation is 1. The van der Waals surface area contributed by atoms with E-state index in [0.29, 0.717) is 6.42 Å². The summed E-state index contributed by atoms with van der Waals surface area (Å²) in [5.74, 6) is -0.806. The molecular formula is C16H24N2O3. The van der Waals surface area contributed by atoms with E-state index in [1.807, 2.05) is 32.9 Å². The van der Waals surface area contributed by atoms with Gasteiger partial charge in [0, 0.05) is 24.7 Å². The van der Waals surface area contributed by atoms with Crippen molar-refractivity contribution in [3.05, 3.63) is 29.8 Å². The first-order valence-electron chi connectivity index (χ1n) is 7.32. The van der Waals surface area contributed by atoms with Crippen LogP contribution in [-0.2, 0) is 11.2 Å². The zero-order valence-electron chi connectivity index (χ0n) is 12.9. The van der Waals surface area contributed by atoms with Crippen molar-refractivity contribution in [2.45, 2.75) is 46.1 Å². The summed E-state index contributed by atoms with van der Waals surface area (Å²) < 4.78 is 0. The van der Waals surface area contributed by atoms with Gasteiger partial charge in [0.05, 0.1) is 0 Å². The highest BCUT2D eigenvalue weighted by molar-refractivity contribution is 5.89. The molecule has 0 aliphatic carbocycles. The van der Waals surface area contributed by atoms with Crippen LogP contribution < -0.4 is 5.32 Å². The fourth-order valence-corrected chi connectivity index (χ4v) is 2.04. The van der Waals surface area contributed by atoms with Crippen molar-refractivity contribution in [2.75, 3.05) is 11.9 Å². The van der Waals surface area contributed by atoms with Gasteiger partial charge in [-0.3, -0.25) is 4.79 Å². The van der Waals surface area contributed by atoms with Gasteiger partial charge in [-0.25, -0.2) is 4.79 Å². The third kappa shape index (κ3) is 5.85. The number of nitrogens with one attached hydrogen (secondary N) is 1. The van der Waals surface area contributed by atoms with E-state index in [-0.39, 0.29) is 18.5 Å². The van der Waals surface area contributed by atoms with E-state index in [1.165, 1.54) is 0 Å². The van der Waals surface area contributed by atoms with Gasteiger partial charge in [0.2, 0.25) is 0 Å². The van der Waals surface area contributed by atoms with Crippen LogP contribution in [0.15, 0.2) is 24.3 Å². The van der Waals surface area contributed by atoms with E-state index in [9.17, 15) is 9.59 Å². The summed E-state index contributed by atoms with van der Waals surface area (Å²) in [7, 11) is 0. The van der Waals surface area contributed by atoms with Crippen LogP contribution in [0.25, 0.3) is 0 Å². The monoisotopic (exact) mass is 292 g/mol. The Balaban J connectivity index is 2.61. The van der Waals surface area contributed by atoms with Crippen LogP contribution in [0.2, 0.25) is 0 Å². The zero-order chi connectivity index (χ0) is 15.8. The molecule has 0 aromatic heterocycles. The van der Waals surface area contributed by atoms with Crippen molar-refractivity contribution in [3.8, 4) is 0 Å². The van der Waals surface area contributed by atoms with Crippen molar-refractivity contribution in [2.24, 2.45) is 0 Å². The second-order valence-corrected chi connectivity index (χ2v) is 5.31. The highest BCUT2D eigenvalue weighted by Crippen LogP contribution is 2.13. The molecule has 5 heteroatoms. The molecule has 0 atom stereocenters. The molecule has 1 aromatic rings. The predicted octanol–water partition coefficient (Wildman–Crippen LogP) is 3.36. The summed E-state index contributed by atoms with van der Waals surface area (Å²) in [6.07, 6.45) is 1.53. The standard InChI is InChI=1S/C16H24N2O3/c1-4-11-18(12(2)3)16(21)17-14-8-5-13(6-9-14)7-10-15(19)20/h5-6,8-9,12H,4,7,10-11H2,1-3H3,(H,17,21)(H,19,20). The molecule has 116 valence electrons. The van der Waals surface area contributed by atoms with Crippen molar-refractivity contribution >= 4 is 17.7 Å². The van der Waals surface area contributed by atoms with E-state index in [0.717, 1.165) is 24.2 Å². The Hall–Kier alpha value is -2.04. The number of rotatable bonds is 7. The van der Waals surface area contributed by atoms with Gasteiger partial charge in [-0.2, -0.15) is 0 Å². The van der Waals surface area contributed by atoms with Gasteiger partial charge >= 0.3 is 12.0 Å². The van der Waals surface area contributed by atoms with Crippen LogP contribution in [0.3, 0.4) is 0 Å². The maximum Gasteiger partial charge on any atom is 0.322 e. The number of carboxylic acids is 1. The Morgan fingerprint density at radius 3 is 2.33 bits per heavy atom. The minimum atomic E-state index is -0.806. The molecule has 0 heterocycles. The van der Waals surface area contributed by atoms with Crippen LogP contribution in [0.4, 0.5) is 10.5 Å². The molecule has 0 aliphatic rings. The lowest BCUT2D eigenvalue weighted by Gasteiger charge is -2.26. The largest absolute Gasteiger partial charge is 0.481 e. The second kappa shape index (κ2) is 8.29. The zero-order valence-corrected chi connectivity index (χ0v) is 12.9. The third-order valence-electron chi connectivity index (χ3n) is 3.18. The van der Waals surface area contributed by atoms with Crippen LogP contribution in [0.1, 0.15) is 39.2 Å². The number of anilines is 1. The summed E-state index contributed by atoms with van der Waals surface area (Å²) in [4.78, 5) is 24.5. The number of carboxylic acid groups (broad SMARTS) is 1. The van der Waals surface area contributed by atoms with Crippen LogP contribution in [0.5, 0.6) is 0 Å². The topological polar surface area (TPSA) is 69.6 Å². The van der Waals surface area contributed by atoms with Crippen molar-refractivity contribution in [1.82, 2.24) is 4.90 Å². The number of benzene rings is 1. The van der Waals surface area contributed by atoms with E-state index in [4.69, 9.17) is 5.11 Å². The normalized spacial score (nSPS) is 10.5. The first kappa shape index (κ1) is 17.0. The van der Waals surface area contributed by atoms with Crippen molar-refractivity contribution < 1.29 is 14.7 Å². The van der Waals surface area contributed by atoms with E-state index >= 15 is 0 Å². The van der Waals surface area contributed by atoms with E-state index in [1.54, 1.807) is 17.0 Å². The minimum Gasteiger partial charge on any atom is -0.481 e. The average molecular weight is 292 g/mol. The summed E-state index contributed by atoms with van der Waals surface area (Å²) in [6.45, 7) is 6.74. The number of aliphatic carboxylic acids is 1. The van der Waals surface area contributed by atoms with E-state index < -0.39 is 5.97 Å². The quantitative estimate of drug-likeness (QED) is 0.809.